The molecule has 64 heavy (non-hydrogen) atoms. The normalized spacial score (nSPS) is 9.00. The summed E-state index contributed by atoms with van der Waals surface area (Å²) in [5.41, 5.74) is 1.02. The molecule has 0 aliphatic carbocycles. The van der Waals surface area contributed by atoms with Crippen molar-refractivity contribution in [2.24, 2.45) is 0 Å². The van der Waals surface area contributed by atoms with Gasteiger partial charge in [0.2, 0.25) is 0 Å². The number of carbonyl (C=O) groups is 4. The van der Waals surface area contributed by atoms with Gasteiger partial charge in [0.1, 0.15) is 0 Å². The molecule has 0 saturated heterocycles. The zero-order valence-corrected chi connectivity index (χ0v) is 39.2. The monoisotopic (exact) mass is 994 g/mol. The Kier molecular flexibility index (Phi) is 27.9. The molecule has 0 bridgehead atoms. The maximum atomic E-state index is 11.0. The molecule has 24 heteroatoms. The summed E-state index contributed by atoms with van der Waals surface area (Å²) in [6, 6.07) is 26.3. The van der Waals surface area contributed by atoms with Crippen LogP contribution in [0.3, 0.4) is 0 Å². The van der Waals surface area contributed by atoms with Gasteiger partial charge in [-0.2, -0.15) is 0 Å². The first-order valence-electron chi connectivity index (χ1n) is 15.9. The summed E-state index contributed by atoms with van der Waals surface area (Å²) in [6.07, 6.45) is 7.21. The molecule has 0 aliphatic heterocycles. The minimum atomic E-state index is -1.55. The van der Waals surface area contributed by atoms with Gasteiger partial charge < -0.3 is 73.7 Å². The molecule has 4 aromatic heterocycles. The number of hydrogen-bond donors (Lipinski definition) is 4. The van der Waals surface area contributed by atoms with Crippen molar-refractivity contribution in [3.05, 3.63) is 144 Å². The third-order valence-corrected chi connectivity index (χ3v) is 7.77. The summed E-state index contributed by atoms with van der Waals surface area (Å²) >= 11 is 0. The van der Waals surface area contributed by atoms with E-state index in [1.807, 2.05) is 24.3 Å². The Morgan fingerprint density at radius 1 is 0.344 bits per heavy atom. The van der Waals surface area contributed by atoms with E-state index < -0.39 is 69.1 Å². The number of nitrogens with zero attached hydrogens (tertiary/aromatic N) is 4. The molecule has 0 amide bonds. The molecule has 22 N–H and O–H groups in total. The summed E-state index contributed by atoms with van der Waals surface area (Å²) in [5.74, 6) is -10.2. The Morgan fingerprint density at radius 3 is 0.672 bits per heavy atom. The molecule has 328 valence electrons. The van der Waals surface area contributed by atoms with Crippen LogP contribution in [0.25, 0.3) is 43.6 Å². The van der Waals surface area contributed by atoms with Crippen LogP contribution in [0.15, 0.2) is 122 Å². The first-order chi connectivity index (χ1) is 26.8. The number of aromatic carboxylic acids is 4. The van der Waals surface area contributed by atoms with Crippen molar-refractivity contribution in [1.29, 1.82) is 0 Å². The molecule has 22 nitrogen and oxygen atoms in total. The van der Waals surface area contributed by atoms with E-state index in [0.717, 1.165) is 43.6 Å². The van der Waals surface area contributed by atoms with E-state index in [4.69, 9.17) is 20.4 Å². The third kappa shape index (κ3) is 14.9. The average Bonchev–Trinajstić information content (AvgIpc) is 3.19. The third-order valence-electron chi connectivity index (χ3n) is 7.77. The summed E-state index contributed by atoms with van der Waals surface area (Å²) in [6.45, 7) is 0. The molecule has 4 heterocycles. The first kappa shape index (κ1) is 63.2. The zero-order chi connectivity index (χ0) is 40.5. The molecule has 0 aliphatic rings. The second-order valence-electron chi connectivity index (χ2n) is 11.3. The van der Waals surface area contributed by atoms with Crippen LogP contribution < -0.4 is 20.4 Å². The summed E-state index contributed by atoms with van der Waals surface area (Å²) in [4.78, 5) is 58.9. The number of hydrogen-bond acceptors (Lipinski definition) is 12. The van der Waals surface area contributed by atoms with E-state index >= 15 is 0 Å². The maximum absolute atomic E-state index is 11.0. The molecular formula is C40H42N4O18Zn2+6. The SMILES string of the molecule is O=C(O)c1cc([O-])c(C(=O)O)cc1[O-].O=C(O)c1cc([O-])c(C(=O)O)cc1[O-].[OH3+].[OH3+].[OH3+].[OH3+].[OH3+].[OH3+].[Zn+2].[Zn+2].c1cnc2c(c1)ccc1cccnc12.c1cnc2c(c1)ccc1cccnc12. The van der Waals surface area contributed by atoms with Crippen molar-refractivity contribution >= 4 is 67.5 Å². The summed E-state index contributed by atoms with van der Waals surface area (Å²) < 4.78 is 0. The van der Waals surface area contributed by atoms with Crippen molar-refractivity contribution in [2.75, 3.05) is 0 Å². The second-order valence-corrected chi connectivity index (χ2v) is 11.3. The van der Waals surface area contributed by atoms with Crippen molar-refractivity contribution in [2.45, 2.75) is 0 Å². The molecule has 0 unspecified atom stereocenters. The molecule has 0 radical (unpaired) electrons. The largest absolute Gasteiger partial charge is 2.00 e. The van der Waals surface area contributed by atoms with E-state index in [2.05, 4.69) is 68.5 Å². The quantitative estimate of drug-likeness (QED) is 0.0884. The Bertz CT molecular complexity index is 2440. The van der Waals surface area contributed by atoms with Crippen LogP contribution in [-0.2, 0) is 71.8 Å². The topological polar surface area (TPSA) is 491 Å². The Balaban J connectivity index is -0.000000360. The zero-order valence-electron chi connectivity index (χ0n) is 33.3. The van der Waals surface area contributed by atoms with Gasteiger partial charge >= 0.3 is 62.8 Å². The molecular weight excluding hydrogens is 955 g/mol. The Labute approximate surface area is 384 Å². The van der Waals surface area contributed by atoms with Gasteiger partial charge in [-0.15, -0.1) is 0 Å². The molecule has 0 saturated carbocycles. The smallest absolute Gasteiger partial charge is 0.872 e. The van der Waals surface area contributed by atoms with E-state index in [0.29, 0.717) is 24.3 Å². The summed E-state index contributed by atoms with van der Waals surface area (Å²) in [5, 5.41) is 82.1. The molecule has 8 rings (SSSR count). The first-order valence-corrected chi connectivity index (χ1v) is 15.9. The van der Waals surface area contributed by atoms with Crippen LogP contribution in [0, 0.1) is 0 Å². The molecule has 8 aromatic rings. The van der Waals surface area contributed by atoms with Crippen molar-refractivity contribution in [1.82, 2.24) is 19.9 Å². The number of carboxylic acids is 4. The van der Waals surface area contributed by atoms with Crippen molar-refractivity contribution in [3.8, 4) is 23.0 Å². The fraction of sp³-hybridized carbons (Fsp3) is 0. The fourth-order valence-electron chi connectivity index (χ4n) is 5.15. The standard InChI is InChI=1S/2C12H8N2.2C8H6O6.6H2O.2Zn/c2*1-3-9-5-6-10-4-2-8-14-12(10)11(9)13-7-1;2*9-5-1-3(7(11)12)6(10)2-4(5)8(13)14;;;;;;;;/h2*1-8H;2*1-2,9-10H,(H,11,12)(H,13,14);6*1H2;;/q;;;;;;;;;;2*+2/p+2. The van der Waals surface area contributed by atoms with Gasteiger partial charge in [-0.1, -0.05) is 95.8 Å². The van der Waals surface area contributed by atoms with E-state index in [-0.39, 0.29) is 71.8 Å². The number of fused-ring (bicyclic) bond motifs is 6. The van der Waals surface area contributed by atoms with Gasteiger partial charge in [0, 0.05) is 46.3 Å². The van der Waals surface area contributed by atoms with Gasteiger partial charge in [0.05, 0.1) is 44.3 Å². The number of carboxylic acid groups (broad SMARTS) is 4. The maximum Gasteiger partial charge on any atom is 2.00 e. The Hall–Kier alpha value is -7.39. The van der Waals surface area contributed by atoms with Crippen LogP contribution in [0.1, 0.15) is 41.4 Å². The van der Waals surface area contributed by atoms with Gasteiger partial charge in [0.15, 0.2) is 0 Å². The predicted octanol–water partition coefficient (Wildman–Crippen LogP) is -1.51. The Morgan fingerprint density at radius 2 is 0.516 bits per heavy atom. The van der Waals surface area contributed by atoms with Gasteiger partial charge in [-0.3, -0.25) is 19.9 Å². The number of rotatable bonds is 4. The fourth-order valence-corrected chi connectivity index (χ4v) is 5.15. The minimum Gasteiger partial charge on any atom is -0.872 e. The second kappa shape index (κ2) is 28.3. The van der Waals surface area contributed by atoms with Gasteiger partial charge in [0.25, 0.3) is 0 Å². The van der Waals surface area contributed by atoms with Crippen molar-refractivity contribution in [3.63, 3.8) is 0 Å². The van der Waals surface area contributed by atoms with Gasteiger partial charge in [-0.05, 0) is 24.3 Å². The molecule has 0 fully saturated rings. The van der Waals surface area contributed by atoms with E-state index in [1.165, 1.54) is 0 Å². The molecule has 4 aromatic carbocycles. The van der Waals surface area contributed by atoms with E-state index in [9.17, 15) is 39.6 Å². The van der Waals surface area contributed by atoms with Crippen LogP contribution in [0.2, 0.25) is 0 Å². The number of aromatic nitrogens is 4. The van der Waals surface area contributed by atoms with Crippen LogP contribution in [0.5, 0.6) is 23.0 Å². The van der Waals surface area contributed by atoms with Crippen molar-refractivity contribution < 1.29 is 132 Å². The van der Waals surface area contributed by atoms with Crippen LogP contribution in [-0.4, -0.2) is 64.2 Å². The summed E-state index contributed by atoms with van der Waals surface area (Å²) in [7, 11) is 0. The molecule has 0 atom stereocenters. The average molecular weight is 998 g/mol. The van der Waals surface area contributed by atoms with Crippen LogP contribution in [0.4, 0.5) is 0 Å². The van der Waals surface area contributed by atoms with Gasteiger partial charge in [-0.25, -0.2) is 19.2 Å². The number of pyridine rings is 4. The molecule has 0 spiro atoms. The predicted molar refractivity (Wildman–Crippen MR) is 222 cm³/mol. The van der Waals surface area contributed by atoms with E-state index in [1.54, 1.807) is 24.8 Å². The minimum absolute atomic E-state index is 0. The number of benzene rings is 4. The van der Waals surface area contributed by atoms with Crippen LogP contribution >= 0.6 is 0 Å².